The second kappa shape index (κ2) is 12.5. The van der Waals surface area contributed by atoms with Gasteiger partial charge in [0.2, 0.25) is 0 Å². The number of nitrogens with zero attached hydrogens (tertiary/aromatic N) is 4. The van der Waals surface area contributed by atoms with Gasteiger partial charge in [-0.2, -0.15) is 5.10 Å². The number of benzene rings is 2. The van der Waals surface area contributed by atoms with Gasteiger partial charge in [-0.05, 0) is 29.7 Å². The van der Waals surface area contributed by atoms with Crippen molar-refractivity contribution in [2.45, 2.75) is 45.2 Å². The van der Waals surface area contributed by atoms with Gasteiger partial charge in [0.15, 0.2) is 11.8 Å². The van der Waals surface area contributed by atoms with E-state index in [4.69, 9.17) is 9.47 Å². The molecule has 1 aromatic heterocycles. The maximum atomic E-state index is 5.86. The molecule has 3 aromatic rings. The van der Waals surface area contributed by atoms with Crippen LogP contribution in [0.2, 0.25) is 0 Å². The fraction of sp³-hybridized carbons (Fsp3) is 0.375. The van der Waals surface area contributed by atoms with Crippen LogP contribution in [0.1, 0.15) is 29.2 Å². The van der Waals surface area contributed by atoms with Crippen LogP contribution in [0.4, 0.5) is 0 Å². The van der Waals surface area contributed by atoms with Gasteiger partial charge < -0.3 is 20.1 Å². The quantitative estimate of drug-likeness (QED) is 0.249. The molecule has 4 rings (SSSR count). The lowest BCUT2D eigenvalue weighted by Crippen LogP contribution is -2.46. The number of halogens is 1. The molecule has 2 aromatic carbocycles. The van der Waals surface area contributed by atoms with E-state index in [2.05, 4.69) is 50.0 Å². The van der Waals surface area contributed by atoms with Gasteiger partial charge in [-0.1, -0.05) is 42.5 Å². The Bertz CT molecular complexity index is 1040. The van der Waals surface area contributed by atoms with E-state index in [1.807, 2.05) is 35.0 Å². The SMILES string of the molecule is CN=C(NCc1cccc(COc2ccccc2)c1)NC1CCc2nc(COC)nn2C1.I. The third-order valence-electron chi connectivity index (χ3n) is 5.34. The number of aliphatic imine (C=N–C) groups is 1. The Kier molecular flexibility index (Phi) is 9.49. The molecule has 176 valence electrons. The molecule has 0 bridgehead atoms. The molecular formula is C24H31IN6O2. The summed E-state index contributed by atoms with van der Waals surface area (Å²) in [6, 6.07) is 18.5. The standard InChI is InChI=1S/C24H30N6O2.HI/c1-25-24(27-20-11-12-23-28-22(17-31-2)29-30(23)15-20)26-14-18-7-6-8-19(13-18)16-32-21-9-4-3-5-10-21;/h3-10,13,20H,11-12,14-17H2,1-2H3,(H2,25,26,27);1H. The van der Waals surface area contributed by atoms with E-state index in [9.17, 15) is 0 Å². The molecule has 2 N–H and O–H groups in total. The van der Waals surface area contributed by atoms with Crippen molar-refractivity contribution >= 4 is 29.9 Å². The van der Waals surface area contributed by atoms with Crippen LogP contribution in [-0.2, 0) is 37.5 Å². The summed E-state index contributed by atoms with van der Waals surface area (Å²) in [5.74, 6) is 3.41. The molecule has 0 saturated carbocycles. The molecule has 2 heterocycles. The van der Waals surface area contributed by atoms with Crippen molar-refractivity contribution in [2.75, 3.05) is 14.2 Å². The van der Waals surface area contributed by atoms with Gasteiger partial charge in [-0.15, -0.1) is 24.0 Å². The van der Waals surface area contributed by atoms with Crippen LogP contribution in [0.25, 0.3) is 0 Å². The van der Waals surface area contributed by atoms with Crippen LogP contribution in [-0.4, -0.2) is 40.9 Å². The number of methoxy groups -OCH3 is 1. The zero-order chi connectivity index (χ0) is 22.2. The molecule has 1 unspecified atom stereocenters. The predicted octanol–water partition coefficient (Wildman–Crippen LogP) is 3.30. The smallest absolute Gasteiger partial charge is 0.191 e. The Labute approximate surface area is 211 Å². The molecule has 1 atom stereocenters. The molecule has 0 saturated heterocycles. The highest BCUT2D eigenvalue weighted by Crippen LogP contribution is 2.14. The van der Waals surface area contributed by atoms with Gasteiger partial charge in [-0.3, -0.25) is 4.99 Å². The van der Waals surface area contributed by atoms with Gasteiger partial charge >= 0.3 is 0 Å². The van der Waals surface area contributed by atoms with Gasteiger partial charge in [0.25, 0.3) is 0 Å². The Morgan fingerprint density at radius 3 is 2.73 bits per heavy atom. The topological polar surface area (TPSA) is 85.6 Å². The van der Waals surface area contributed by atoms with Crippen molar-refractivity contribution in [3.05, 3.63) is 77.4 Å². The number of rotatable bonds is 8. The first-order valence-electron chi connectivity index (χ1n) is 10.9. The lowest BCUT2D eigenvalue weighted by atomic mass is 10.1. The molecule has 0 fully saturated rings. The number of aromatic nitrogens is 3. The monoisotopic (exact) mass is 562 g/mol. The molecule has 1 aliphatic rings. The van der Waals surface area contributed by atoms with Crippen molar-refractivity contribution in [3.63, 3.8) is 0 Å². The van der Waals surface area contributed by atoms with Crippen LogP contribution in [0.5, 0.6) is 5.75 Å². The number of aryl methyl sites for hydroxylation is 1. The fourth-order valence-corrected chi connectivity index (χ4v) is 3.76. The summed E-state index contributed by atoms with van der Waals surface area (Å²) in [7, 11) is 3.45. The zero-order valence-corrected chi connectivity index (χ0v) is 21.4. The van der Waals surface area contributed by atoms with Gasteiger partial charge in [-0.25, -0.2) is 9.67 Å². The van der Waals surface area contributed by atoms with E-state index in [1.54, 1.807) is 14.2 Å². The van der Waals surface area contributed by atoms with Crippen molar-refractivity contribution in [1.29, 1.82) is 0 Å². The predicted molar refractivity (Wildman–Crippen MR) is 139 cm³/mol. The van der Waals surface area contributed by atoms with E-state index in [0.29, 0.717) is 19.8 Å². The van der Waals surface area contributed by atoms with Crippen LogP contribution < -0.4 is 15.4 Å². The first-order valence-corrected chi connectivity index (χ1v) is 10.9. The lowest BCUT2D eigenvalue weighted by Gasteiger charge is -2.25. The van der Waals surface area contributed by atoms with E-state index in [0.717, 1.165) is 48.3 Å². The molecule has 0 amide bonds. The summed E-state index contributed by atoms with van der Waals surface area (Å²) < 4.78 is 13.0. The third-order valence-corrected chi connectivity index (χ3v) is 5.34. The molecule has 1 aliphatic heterocycles. The molecule has 0 aliphatic carbocycles. The number of para-hydroxylation sites is 1. The molecule has 8 nitrogen and oxygen atoms in total. The Morgan fingerprint density at radius 1 is 1.12 bits per heavy atom. The third kappa shape index (κ3) is 7.16. The number of nitrogens with one attached hydrogen (secondary N) is 2. The van der Waals surface area contributed by atoms with Crippen molar-refractivity contribution < 1.29 is 9.47 Å². The van der Waals surface area contributed by atoms with Crippen molar-refractivity contribution in [1.82, 2.24) is 25.4 Å². The van der Waals surface area contributed by atoms with Gasteiger partial charge in [0, 0.05) is 33.2 Å². The van der Waals surface area contributed by atoms with E-state index < -0.39 is 0 Å². The summed E-state index contributed by atoms with van der Waals surface area (Å²) in [6.45, 7) is 2.42. The molecular weight excluding hydrogens is 531 g/mol. The zero-order valence-electron chi connectivity index (χ0n) is 19.0. The summed E-state index contributed by atoms with van der Waals surface area (Å²) in [4.78, 5) is 8.93. The van der Waals surface area contributed by atoms with Gasteiger partial charge in [0.05, 0.1) is 6.54 Å². The highest BCUT2D eigenvalue weighted by molar-refractivity contribution is 14.0. The fourth-order valence-electron chi connectivity index (χ4n) is 3.76. The molecule has 33 heavy (non-hydrogen) atoms. The number of fused-ring (bicyclic) bond motifs is 1. The van der Waals surface area contributed by atoms with E-state index in [1.165, 1.54) is 5.56 Å². The first kappa shape index (κ1) is 25.0. The average Bonchev–Trinajstić information content (AvgIpc) is 3.23. The minimum absolute atomic E-state index is 0. The summed E-state index contributed by atoms with van der Waals surface area (Å²) in [5.41, 5.74) is 2.31. The molecule has 0 spiro atoms. The molecule has 9 heteroatoms. The highest BCUT2D eigenvalue weighted by atomic mass is 127. The Morgan fingerprint density at radius 2 is 1.94 bits per heavy atom. The van der Waals surface area contributed by atoms with Gasteiger partial charge in [0.1, 0.15) is 24.8 Å². The number of hydrogen-bond acceptors (Lipinski definition) is 5. The number of ether oxygens (including phenoxy) is 2. The number of guanidine groups is 1. The number of hydrogen-bond donors (Lipinski definition) is 2. The highest BCUT2D eigenvalue weighted by Gasteiger charge is 2.22. The Balaban J connectivity index is 0.00000306. The second-order valence-corrected chi connectivity index (χ2v) is 7.79. The van der Waals surface area contributed by atoms with Crippen molar-refractivity contribution in [2.24, 2.45) is 4.99 Å². The van der Waals surface area contributed by atoms with Crippen LogP contribution in [0.3, 0.4) is 0 Å². The Hall–Kier alpha value is -2.66. The van der Waals surface area contributed by atoms with E-state index >= 15 is 0 Å². The summed E-state index contributed by atoms with van der Waals surface area (Å²) >= 11 is 0. The maximum Gasteiger partial charge on any atom is 0.191 e. The summed E-state index contributed by atoms with van der Waals surface area (Å²) in [5, 5.41) is 11.5. The second-order valence-electron chi connectivity index (χ2n) is 7.79. The first-order chi connectivity index (χ1) is 15.7. The lowest BCUT2D eigenvalue weighted by molar-refractivity contribution is 0.177. The van der Waals surface area contributed by atoms with Crippen molar-refractivity contribution in [3.8, 4) is 5.75 Å². The molecule has 0 radical (unpaired) electrons. The minimum Gasteiger partial charge on any atom is -0.489 e. The average molecular weight is 562 g/mol. The maximum absolute atomic E-state index is 5.86. The largest absolute Gasteiger partial charge is 0.489 e. The normalized spacial score (nSPS) is 15.3. The van der Waals surface area contributed by atoms with Crippen LogP contribution in [0, 0.1) is 0 Å². The van der Waals surface area contributed by atoms with Crippen LogP contribution in [0.15, 0.2) is 59.6 Å². The van der Waals surface area contributed by atoms with E-state index in [-0.39, 0.29) is 30.0 Å². The summed E-state index contributed by atoms with van der Waals surface area (Å²) in [6.07, 6.45) is 1.87. The van der Waals surface area contributed by atoms with Crippen LogP contribution >= 0.6 is 24.0 Å². The minimum atomic E-state index is 0.